The van der Waals surface area contributed by atoms with Crippen molar-refractivity contribution in [1.82, 2.24) is 4.57 Å². The molecular weight excluding hydrogens is 292 g/mol. The van der Waals surface area contributed by atoms with Crippen LogP contribution in [0.5, 0.6) is 0 Å². The maximum atomic E-state index is 4.88. The van der Waals surface area contributed by atoms with Crippen LogP contribution in [0.25, 0.3) is 11.3 Å². The highest BCUT2D eigenvalue weighted by Gasteiger charge is 2.21. The van der Waals surface area contributed by atoms with E-state index < -0.39 is 0 Å². The largest absolute Gasteiger partial charge is 0.314 e. The number of hydrogen-bond donors (Lipinski definition) is 0. The van der Waals surface area contributed by atoms with Gasteiger partial charge >= 0.3 is 0 Å². The predicted molar refractivity (Wildman–Crippen MR) is 99.5 cm³/mol. The topological polar surface area (TPSA) is 17.3 Å². The zero-order valence-electron chi connectivity index (χ0n) is 13.4. The molecule has 1 aliphatic heterocycles. The van der Waals surface area contributed by atoms with Gasteiger partial charge in [-0.25, -0.2) is 0 Å². The number of para-hydroxylation sites is 1. The van der Waals surface area contributed by atoms with Crippen LogP contribution in [0.15, 0.2) is 71.9 Å². The molecule has 0 bridgehead atoms. The Morgan fingerprint density at radius 3 is 2.79 bits per heavy atom. The summed E-state index contributed by atoms with van der Waals surface area (Å²) in [4.78, 5) is 4.88. The van der Waals surface area contributed by atoms with E-state index >= 15 is 0 Å². The number of hydrogen-bond acceptors (Lipinski definition) is 1. The molecule has 2 aliphatic rings. The second-order valence-electron chi connectivity index (χ2n) is 6.46. The van der Waals surface area contributed by atoms with E-state index in [9.17, 15) is 0 Å². The second kappa shape index (κ2) is 5.34. The Morgan fingerprint density at radius 1 is 0.958 bits per heavy atom. The fourth-order valence-electron chi connectivity index (χ4n) is 3.81. The van der Waals surface area contributed by atoms with E-state index in [1.165, 1.54) is 33.6 Å². The summed E-state index contributed by atoms with van der Waals surface area (Å²) in [7, 11) is 0. The summed E-state index contributed by atoms with van der Waals surface area (Å²) in [6, 6.07) is 19.4. The van der Waals surface area contributed by atoms with E-state index in [0.717, 1.165) is 24.9 Å². The molecule has 24 heavy (non-hydrogen) atoms. The number of rotatable bonds is 2. The van der Waals surface area contributed by atoms with Crippen LogP contribution >= 0.6 is 0 Å². The average Bonchev–Trinajstić information content (AvgIpc) is 2.98. The third-order valence-electron chi connectivity index (χ3n) is 4.95. The zero-order chi connectivity index (χ0) is 15.9. The highest BCUT2D eigenvalue weighted by Crippen LogP contribution is 2.37. The minimum Gasteiger partial charge on any atom is -0.314 e. The molecule has 0 atom stereocenters. The first-order valence-electron chi connectivity index (χ1n) is 8.51. The van der Waals surface area contributed by atoms with E-state index in [0.29, 0.717) is 0 Å². The Bertz CT molecular complexity index is 974. The van der Waals surface area contributed by atoms with Gasteiger partial charge in [0.25, 0.3) is 0 Å². The van der Waals surface area contributed by atoms with E-state index in [4.69, 9.17) is 4.99 Å². The van der Waals surface area contributed by atoms with Gasteiger partial charge in [0.05, 0.1) is 17.1 Å². The highest BCUT2D eigenvalue weighted by molar-refractivity contribution is 6.12. The van der Waals surface area contributed by atoms with Crippen molar-refractivity contribution < 1.29 is 0 Å². The summed E-state index contributed by atoms with van der Waals surface area (Å²) < 4.78 is 2.32. The van der Waals surface area contributed by atoms with Gasteiger partial charge in [-0.05, 0) is 48.1 Å². The Labute approximate surface area is 141 Å². The first-order chi connectivity index (χ1) is 11.9. The van der Waals surface area contributed by atoms with Crippen molar-refractivity contribution in [2.45, 2.75) is 19.3 Å². The first kappa shape index (κ1) is 13.6. The molecule has 0 amide bonds. The lowest BCUT2D eigenvalue weighted by atomic mass is 9.98. The lowest BCUT2D eigenvalue weighted by Crippen LogP contribution is -2.04. The van der Waals surface area contributed by atoms with Crippen LogP contribution in [0.1, 0.15) is 28.8 Å². The summed E-state index contributed by atoms with van der Waals surface area (Å²) in [5.74, 6) is 0. The van der Waals surface area contributed by atoms with Crippen molar-refractivity contribution in [3.05, 3.63) is 89.3 Å². The van der Waals surface area contributed by atoms with Crippen molar-refractivity contribution in [3.63, 3.8) is 0 Å². The summed E-state index contributed by atoms with van der Waals surface area (Å²) in [5, 5.41) is 0. The van der Waals surface area contributed by atoms with Gasteiger partial charge in [-0.1, -0.05) is 48.5 Å². The van der Waals surface area contributed by atoms with Gasteiger partial charge in [-0.2, -0.15) is 0 Å². The third kappa shape index (κ3) is 2.07. The SMILES string of the molecule is C1=Nc2c(Cc3ccccc3)cccc2-n2ccc3c2C1=CCC3. The lowest BCUT2D eigenvalue weighted by molar-refractivity contribution is 0.954. The molecule has 2 heterocycles. The average molecular weight is 310 g/mol. The molecule has 0 saturated carbocycles. The number of nitrogens with zero attached hydrogens (tertiary/aromatic N) is 2. The number of fused-ring (bicyclic) bond motifs is 2. The smallest absolute Gasteiger partial charge is 0.0905 e. The summed E-state index contributed by atoms with van der Waals surface area (Å²) in [6.07, 6.45) is 9.69. The number of aryl methyl sites for hydroxylation is 1. The van der Waals surface area contributed by atoms with Crippen LogP contribution in [-0.2, 0) is 12.8 Å². The Balaban J connectivity index is 1.69. The molecule has 2 aromatic carbocycles. The quantitative estimate of drug-likeness (QED) is 0.625. The molecular formula is C22H18N2. The van der Waals surface area contributed by atoms with Crippen molar-refractivity contribution in [2.24, 2.45) is 4.99 Å². The van der Waals surface area contributed by atoms with Gasteiger partial charge in [0, 0.05) is 18.0 Å². The number of benzene rings is 2. The van der Waals surface area contributed by atoms with E-state index in [-0.39, 0.29) is 0 Å². The van der Waals surface area contributed by atoms with E-state index in [1.54, 1.807) is 0 Å². The Hall–Kier alpha value is -2.87. The van der Waals surface area contributed by atoms with Crippen molar-refractivity contribution >= 4 is 17.5 Å². The highest BCUT2D eigenvalue weighted by atomic mass is 15.0. The van der Waals surface area contributed by atoms with Crippen molar-refractivity contribution in [2.75, 3.05) is 0 Å². The third-order valence-corrected chi connectivity index (χ3v) is 4.95. The molecule has 0 spiro atoms. The minimum atomic E-state index is 0.907. The first-order valence-corrected chi connectivity index (χ1v) is 8.51. The molecule has 116 valence electrons. The van der Waals surface area contributed by atoms with Gasteiger partial charge in [0.1, 0.15) is 0 Å². The molecule has 2 heteroatoms. The van der Waals surface area contributed by atoms with Gasteiger partial charge < -0.3 is 4.57 Å². The number of aromatic nitrogens is 1. The normalized spacial score (nSPS) is 14.6. The lowest BCUT2D eigenvalue weighted by Gasteiger charge is -2.15. The van der Waals surface area contributed by atoms with Crippen LogP contribution in [0.4, 0.5) is 5.69 Å². The molecule has 0 fully saturated rings. The Kier molecular flexibility index (Phi) is 3.02. The van der Waals surface area contributed by atoms with Crippen LogP contribution in [-0.4, -0.2) is 10.8 Å². The Morgan fingerprint density at radius 2 is 1.88 bits per heavy atom. The fourth-order valence-corrected chi connectivity index (χ4v) is 3.81. The second-order valence-corrected chi connectivity index (χ2v) is 6.46. The molecule has 5 rings (SSSR count). The summed E-state index contributed by atoms with van der Waals surface area (Å²) in [5.41, 5.74) is 8.88. The molecule has 2 nitrogen and oxygen atoms in total. The zero-order valence-corrected chi connectivity index (χ0v) is 13.4. The van der Waals surface area contributed by atoms with Crippen molar-refractivity contribution in [3.8, 4) is 5.69 Å². The molecule has 0 saturated heterocycles. The van der Waals surface area contributed by atoms with E-state index in [1.807, 2.05) is 0 Å². The molecule has 0 N–H and O–H groups in total. The van der Waals surface area contributed by atoms with Crippen LogP contribution < -0.4 is 0 Å². The van der Waals surface area contributed by atoms with Crippen LogP contribution in [0.3, 0.4) is 0 Å². The van der Waals surface area contributed by atoms with E-state index in [2.05, 4.69) is 77.7 Å². The summed E-state index contributed by atoms with van der Waals surface area (Å²) in [6.45, 7) is 0. The standard InChI is InChI=1S/C22H18N2/c1-2-6-16(7-3-1)14-18-9-5-11-20-21(18)23-15-19-10-4-8-17-12-13-24(20)22(17)19/h1-3,5-7,9-13,15H,4,8,14H2. The predicted octanol–water partition coefficient (Wildman–Crippen LogP) is 5.11. The van der Waals surface area contributed by atoms with Gasteiger partial charge in [0.2, 0.25) is 0 Å². The van der Waals surface area contributed by atoms with Gasteiger partial charge in [0.15, 0.2) is 0 Å². The number of aliphatic imine (C=N–C) groups is 1. The maximum absolute atomic E-state index is 4.88. The molecule has 0 radical (unpaired) electrons. The van der Waals surface area contributed by atoms with Gasteiger partial charge in [-0.15, -0.1) is 0 Å². The molecule has 0 unspecified atom stereocenters. The van der Waals surface area contributed by atoms with Crippen LogP contribution in [0, 0.1) is 0 Å². The number of allylic oxidation sites excluding steroid dienone is 2. The molecule has 3 aromatic rings. The van der Waals surface area contributed by atoms with Crippen molar-refractivity contribution in [1.29, 1.82) is 0 Å². The fraction of sp³-hybridized carbons (Fsp3) is 0.136. The molecule has 1 aromatic heterocycles. The molecule has 1 aliphatic carbocycles. The van der Waals surface area contributed by atoms with Gasteiger partial charge in [-0.3, -0.25) is 4.99 Å². The maximum Gasteiger partial charge on any atom is 0.0905 e. The summed E-state index contributed by atoms with van der Waals surface area (Å²) >= 11 is 0. The van der Waals surface area contributed by atoms with Crippen LogP contribution in [0.2, 0.25) is 0 Å². The monoisotopic (exact) mass is 310 g/mol. The minimum absolute atomic E-state index is 0.907.